The fourth-order valence-electron chi connectivity index (χ4n) is 3.72. The molecule has 0 aliphatic carbocycles. The molecular weight excluding hydrogens is 376 g/mol. The number of fused-ring (bicyclic) bond motifs is 2. The number of methoxy groups -OCH3 is 1. The minimum Gasteiger partial charge on any atom is -0.493 e. The number of aromatic nitrogens is 2. The van der Waals surface area contributed by atoms with Gasteiger partial charge in [0.1, 0.15) is 12.3 Å². The largest absolute Gasteiger partial charge is 0.493 e. The Morgan fingerprint density at radius 1 is 1.13 bits per heavy atom. The first-order valence-corrected chi connectivity index (χ1v) is 9.78. The highest BCUT2D eigenvalue weighted by molar-refractivity contribution is 6.02. The van der Waals surface area contributed by atoms with Crippen molar-refractivity contribution < 1.29 is 14.3 Å². The van der Waals surface area contributed by atoms with Crippen LogP contribution in [0.2, 0.25) is 0 Å². The Kier molecular flexibility index (Phi) is 4.56. The monoisotopic (exact) mass is 396 g/mol. The van der Waals surface area contributed by atoms with E-state index in [1.54, 1.807) is 7.11 Å². The average Bonchev–Trinajstić information content (AvgIpc) is 3.23. The van der Waals surface area contributed by atoms with Gasteiger partial charge in [-0.2, -0.15) is 0 Å². The summed E-state index contributed by atoms with van der Waals surface area (Å²) in [4.78, 5) is 17.6. The summed E-state index contributed by atoms with van der Waals surface area (Å²) in [6.07, 6.45) is 6.19. The first-order chi connectivity index (χ1) is 14.7. The first kappa shape index (κ1) is 18.2. The molecule has 0 amide bonds. The van der Waals surface area contributed by atoms with E-state index in [0.717, 1.165) is 28.0 Å². The topological polar surface area (TPSA) is 52.8 Å². The molecule has 0 N–H and O–H groups in total. The number of carbonyl (C=O) groups is 1. The number of hydrogen-bond acceptors (Lipinski definition) is 4. The molecule has 3 heterocycles. The van der Waals surface area contributed by atoms with Gasteiger partial charge in [-0.25, -0.2) is 4.98 Å². The Labute approximate surface area is 174 Å². The number of hydrogen-bond donors (Lipinski definition) is 0. The summed E-state index contributed by atoms with van der Waals surface area (Å²) in [5.74, 6) is 1.41. The molecule has 1 aliphatic heterocycles. The van der Waals surface area contributed by atoms with E-state index in [0.29, 0.717) is 23.5 Å². The van der Waals surface area contributed by atoms with E-state index in [1.807, 2.05) is 83.5 Å². The molecule has 0 atom stereocenters. The van der Waals surface area contributed by atoms with Crippen LogP contribution in [0.5, 0.6) is 11.5 Å². The van der Waals surface area contributed by atoms with Gasteiger partial charge < -0.3 is 13.9 Å². The van der Waals surface area contributed by atoms with Gasteiger partial charge in [0.05, 0.1) is 12.8 Å². The van der Waals surface area contributed by atoms with Crippen molar-refractivity contribution in [1.82, 2.24) is 9.38 Å². The molecule has 1 aliphatic rings. The highest BCUT2D eigenvalue weighted by Gasteiger charge is 2.20. The quantitative estimate of drug-likeness (QED) is 0.495. The number of ether oxygens (including phenoxy) is 2. The molecule has 2 aromatic carbocycles. The molecule has 0 bridgehead atoms. The lowest BCUT2D eigenvalue weighted by Gasteiger charge is -2.19. The average molecular weight is 396 g/mol. The predicted molar refractivity (Wildman–Crippen MR) is 116 cm³/mol. The lowest BCUT2D eigenvalue weighted by molar-refractivity contribution is -0.115. The van der Waals surface area contributed by atoms with Crippen LogP contribution in [0.4, 0.5) is 0 Å². The van der Waals surface area contributed by atoms with Gasteiger partial charge in [-0.1, -0.05) is 36.4 Å². The van der Waals surface area contributed by atoms with Gasteiger partial charge >= 0.3 is 0 Å². The summed E-state index contributed by atoms with van der Waals surface area (Å²) in [5.41, 5.74) is 5.25. The summed E-state index contributed by atoms with van der Waals surface area (Å²) >= 11 is 0. The summed E-state index contributed by atoms with van der Waals surface area (Å²) in [5, 5.41) is 0. The second-order valence-electron chi connectivity index (χ2n) is 7.23. The molecule has 4 aromatic rings. The van der Waals surface area contributed by atoms with Crippen molar-refractivity contribution in [2.75, 3.05) is 13.7 Å². The number of carbonyl (C=O) groups excluding carboxylic acids is 1. The minimum absolute atomic E-state index is 0.0515. The van der Waals surface area contributed by atoms with Crippen LogP contribution >= 0.6 is 0 Å². The molecule has 5 nitrogen and oxygen atoms in total. The Balaban J connectivity index is 1.39. The van der Waals surface area contributed by atoms with E-state index >= 15 is 0 Å². The second-order valence-corrected chi connectivity index (χ2v) is 7.23. The molecule has 0 fully saturated rings. The molecule has 0 saturated heterocycles. The fourth-order valence-corrected chi connectivity index (χ4v) is 3.72. The van der Waals surface area contributed by atoms with Gasteiger partial charge in [0.25, 0.3) is 0 Å². The van der Waals surface area contributed by atoms with Crippen LogP contribution in [0, 0.1) is 0 Å². The van der Waals surface area contributed by atoms with Crippen LogP contribution in [0.25, 0.3) is 23.0 Å². The van der Waals surface area contributed by atoms with Crippen LogP contribution < -0.4 is 9.47 Å². The second kappa shape index (κ2) is 7.52. The number of imidazole rings is 1. The molecule has 30 heavy (non-hydrogen) atoms. The van der Waals surface area contributed by atoms with Crippen molar-refractivity contribution in [2.45, 2.75) is 6.42 Å². The standard InChI is InChI=1S/C25H20N2O3/c1-29-23-9-5-8-19-14-20(16-30-25(19)23)22(28)13-17-6-4-7-18(12-17)21-15-27-11-3-2-10-24(27)26-21/h2-12,14-15H,13,16H2,1H3. The summed E-state index contributed by atoms with van der Waals surface area (Å²) in [6, 6.07) is 19.6. The molecular formula is C25H20N2O3. The maximum Gasteiger partial charge on any atom is 0.168 e. The Morgan fingerprint density at radius 3 is 2.90 bits per heavy atom. The zero-order chi connectivity index (χ0) is 20.5. The normalized spacial score (nSPS) is 12.8. The van der Waals surface area contributed by atoms with Gasteiger partial charge in [-0.05, 0) is 35.9 Å². The van der Waals surface area contributed by atoms with Crippen molar-refractivity contribution in [3.8, 4) is 22.8 Å². The van der Waals surface area contributed by atoms with E-state index in [1.165, 1.54) is 0 Å². The zero-order valence-electron chi connectivity index (χ0n) is 16.5. The van der Waals surface area contributed by atoms with E-state index in [9.17, 15) is 4.79 Å². The number of nitrogens with zero attached hydrogens (tertiary/aromatic N) is 2. The van der Waals surface area contributed by atoms with E-state index in [2.05, 4.69) is 4.98 Å². The molecule has 148 valence electrons. The smallest absolute Gasteiger partial charge is 0.168 e. The SMILES string of the molecule is COc1cccc2c1OCC(C(=O)Cc1cccc(-c3cn4ccccc4n3)c1)=C2. The lowest BCUT2D eigenvalue weighted by atomic mass is 9.98. The fraction of sp³-hybridized carbons (Fsp3) is 0.120. The Bertz CT molecular complexity index is 1250. The van der Waals surface area contributed by atoms with E-state index in [-0.39, 0.29) is 12.4 Å². The minimum atomic E-state index is 0.0515. The van der Waals surface area contributed by atoms with Crippen molar-refractivity contribution in [3.63, 3.8) is 0 Å². The Morgan fingerprint density at radius 2 is 2.03 bits per heavy atom. The highest BCUT2D eigenvalue weighted by atomic mass is 16.5. The van der Waals surface area contributed by atoms with Crippen LogP contribution in [-0.2, 0) is 11.2 Å². The number of pyridine rings is 1. The third kappa shape index (κ3) is 3.35. The Hall–Kier alpha value is -3.86. The molecule has 0 unspecified atom stereocenters. The van der Waals surface area contributed by atoms with Gasteiger partial charge in [0.2, 0.25) is 0 Å². The maximum absolute atomic E-state index is 12.9. The molecule has 0 saturated carbocycles. The number of Topliss-reactive ketones (excluding diaryl/α,β-unsaturated/α-hetero) is 1. The maximum atomic E-state index is 12.9. The van der Waals surface area contributed by atoms with Crippen molar-refractivity contribution >= 4 is 17.5 Å². The van der Waals surface area contributed by atoms with Gasteiger partial charge in [0, 0.05) is 35.5 Å². The van der Waals surface area contributed by atoms with Gasteiger partial charge in [-0.15, -0.1) is 0 Å². The number of rotatable bonds is 5. The zero-order valence-corrected chi connectivity index (χ0v) is 16.5. The third-order valence-electron chi connectivity index (χ3n) is 5.24. The predicted octanol–water partition coefficient (Wildman–Crippen LogP) is 4.60. The molecule has 5 rings (SSSR count). The molecule has 5 heteroatoms. The summed E-state index contributed by atoms with van der Waals surface area (Å²) in [7, 11) is 1.61. The number of benzene rings is 2. The van der Waals surface area contributed by atoms with Crippen LogP contribution in [0.15, 0.2) is 78.6 Å². The van der Waals surface area contributed by atoms with Gasteiger partial charge in [-0.3, -0.25) is 4.79 Å². The summed E-state index contributed by atoms with van der Waals surface area (Å²) < 4.78 is 13.1. The van der Waals surface area contributed by atoms with Crippen molar-refractivity contribution in [1.29, 1.82) is 0 Å². The van der Waals surface area contributed by atoms with Crippen molar-refractivity contribution in [2.24, 2.45) is 0 Å². The molecule has 2 aromatic heterocycles. The van der Waals surface area contributed by atoms with Crippen molar-refractivity contribution in [3.05, 3.63) is 89.8 Å². The molecule has 0 spiro atoms. The summed E-state index contributed by atoms with van der Waals surface area (Å²) in [6.45, 7) is 0.248. The third-order valence-corrected chi connectivity index (χ3v) is 5.24. The number of para-hydroxylation sites is 1. The van der Waals surface area contributed by atoms with Crippen LogP contribution in [0.3, 0.4) is 0 Å². The van der Waals surface area contributed by atoms with E-state index < -0.39 is 0 Å². The first-order valence-electron chi connectivity index (χ1n) is 9.78. The van der Waals surface area contributed by atoms with Crippen LogP contribution in [-0.4, -0.2) is 28.9 Å². The lowest BCUT2D eigenvalue weighted by Crippen LogP contribution is -2.17. The number of ketones is 1. The highest BCUT2D eigenvalue weighted by Crippen LogP contribution is 2.35. The van der Waals surface area contributed by atoms with Gasteiger partial charge in [0.15, 0.2) is 17.3 Å². The van der Waals surface area contributed by atoms with Crippen LogP contribution in [0.1, 0.15) is 11.1 Å². The molecule has 0 radical (unpaired) electrons. The van der Waals surface area contributed by atoms with E-state index in [4.69, 9.17) is 9.47 Å².